The summed E-state index contributed by atoms with van der Waals surface area (Å²) >= 11 is 0. The zero-order valence-electron chi connectivity index (χ0n) is 15.6. The number of piperidine rings is 1. The minimum Gasteiger partial charge on any atom is -0.486 e. The summed E-state index contributed by atoms with van der Waals surface area (Å²) in [5, 5.41) is 2.84. The Hall–Kier alpha value is -2.65. The number of nitrogens with one attached hydrogen (secondary N) is 1. The van der Waals surface area contributed by atoms with Crippen molar-refractivity contribution >= 4 is 21.6 Å². The summed E-state index contributed by atoms with van der Waals surface area (Å²) < 4.78 is 51.0. The fraction of sp³-hybridized carbons (Fsp3) is 0.350. The number of hydrogen-bond acceptors (Lipinski definition) is 5. The van der Waals surface area contributed by atoms with Gasteiger partial charge < -0.3 is 14.8 Å². The van der Waals surface area contributed by atoms with Crippen LogP contribution in [0.5, 0.6) is 11.5 Å². The molecule has 7 nitrogen and oxygen atoms in total. The van der Waals surface area contributed by atoms with Crippen LogP contribution < -0.4 is 14.8 Å². The second-order valence-corrected chi connectivity index (χ2v) is 8.94. The van der Waals surface area contributed by atoms with E-state index in [4.69, 9.17) is 9.47 Å². The monoisotopic (exact) mass is 420 g/mol. The van der Waals surface area contributed by atoms with E-state index in [0.717, 1.165) is 12.1 Å². The number of carbonyl (C=O) groups excluding carboxylic acids is 1. The Balaban J connectivity index is 1.45. The lowest BCUT2D eigenvalue weighted by molar-refractivity contribution is -0.120. The molecule has 0 aliphatic carbocycles. The quantitative estimate of drug-likeness (QED) is 0.822. The van der Waals surface area contributed by atoms with E-state index < -0.39 is 21.8 Å². The number of amides is 1. The van der Waals surface area contributed by atoms with Crippen LogP contribution >= 0.6 is 0 Å². The van der Waals surface area contributed by atoms with E-state index >= 15 is 0 Å². The zero-order chi connectivity index (χ0) is 20.4. The molecule has 1 amide bonds. The normalized spacial score (nSPS) is 19.6. The van der Waals surface area contributed by atoms with E-state index in [-0.39, 0.29) is 17.3 Å². The molecule has 0 unspecified atom stereocenters. The van der Waals surface area contributed by atoms with E-state index in [1.807, 2.05) is 0 Å². The summed E-state index contributed by atoms with van der Waals surface area (Å²) in [6.07, 6.45) is 1.16. The van der Waals surface area contributed by atoms with Gasteiger partial charge in [0.1, 0.15) is 19.0 Å². The van der Waals surface area contributed by atoms with Crippen molar-refractivity contribution in [3.8, 4) is 11.5 Å². The Morgan fingerprint density at radius 1 is 1.07 bits per heavy atom. The molecule has 1 N–H and O–H groups in total. The first-order valence-corrected chi connectivity index (χ1v) is 10.8. The van der Waals surface area contributed by atoms with Crippen LogP contribution in [-0.4, -0.2) is 44.9 Å². The fourth-order valence-corrected chi connectivity index (χ4v) is 5.02. The van der Waals surface area contributed by atoms with Crippen molar-refractivity contribution in [2.45, 2.75) is 17.7 Å². The first-order valence-electron chi connectivity index (χ1n) is 9.40. The van der Waals surface area contributed by atoms with Crippen LogP contribution in [0.2, 0.25) is 0 Å². The molecule has 0 aromatic heterocycles. The van der Waals surface area contributed by atoms with Crippen molar-refractivity contribution in [1.82, 2.24) is 4.31 Å². The Morgan fingerprint density at radius 2 is 1.79 bits per heavy atom. The molecule has 4 rings (SSSR count). The Bertz CT molecular complexity index is 1010. The summed E-state index contributed by atoms with van der Waals surface area (Å²) in [4.78, 5) is 12.8. The van der Waals surface area contributed by atoms with Crippen LogP contribution in [-0.2, 0) is 14.8 Å². The summed E-state index contributed by atoms with van der Waals surface area (Å²) in [5.41, 5.74) is 0.567. The van der Waals surface area contributed by atoms with E-state index in [1.165, 1.54) is 16.4 Å². The van der Waals surface area contributed by atoms with Crippen molar-refractivity contribution in [3.63, 3.8) is 0 Å². The molecule has 1 fully saturated rings. The van der Waals surface area contributed by atoms with Gasteiger partial charge in [0.25, 0.3) is 0 Å². The van der Waals surface area contributed by atoms with Crippen molar-refractivity contribution in [2.75, 3.05) is 31.6 Å². The first kappa shape index (κ1) is 19.7. The largest absolute Gasteiger partial charge is 0.486 e. The SMILES string of the molecule is O=C(Nc1ccc2c(c1)OCCO2)[C@@H]1CCCN(S(=O)(=O)c2ccc(F)cc2)C1. The standard InChI is InChI=1S/C20H21FN2O5S/c21-15-3-6-17(7-4-15)29(25,26)23-9-1-2-14(13-23)20(24)22-16-5-8-18-19(12-16)28-11-10-27-18/h3-8,12,14H,1-2,9-11,13H2,(H,22,24)/t14-/m1/s1. The number of ether oxygens (including phenoxy) is 2. The van der Waals surface area contributed by atoms with E-state index in [9.17, 15) is 17.6 Å². The summed E-state index contributed by atoms with van der Waals surface area (Å²) in [6, 6.07) is 9.86. The topological polar surface area (TPSA) is 84.9 Å². The van der Waals surface area contributed by atoms with Gasteiger partial charge in [0, 0.05) is 24.8 Å². The third-order valence-electron chi connectivity index (χ3n) is 5.02. The molecule has 0 bridgehead atoms. The van der Waals surface area contributed by atoms with Crippen LogP contribution in [0.15, 0.2) is 47.4 Å². The molecule has 1 saturated heterocycles. The third kappa shape index (κ3) is 4.20. The van der Waals surface area contributed by atoms with Crippen molar-refractivity contribution in [2.24, 2.45) is 5.92 Å². The molecular formula is C20H21FN2O5S. The number of nitrogens with zero attached hydrogens (tertiary/aromatic N) is 1. The average Bonchev–Trinajstić information content (AvgIpc) is 2.74. The molecule has 2 aliphatic rings. The molecule has 9 heteroatoms. The first-order chi connectivity index (χ1) is 13.9. The van der Waals surface area contributed by atoms with E-state index in [1.54, 1.807) is 18.2 Å². The minimum absolute atomic E-state index is 0.0202. The number of carbonyl (C=O) groups is 1. The predicted molar refractivity (Wildman–Crippen MR) is 104 cm³/mol. The second kappa shape index (κ2) is 8.00. The van der Waals surface area contributed by atoms with Crippen LogP contribution in [0.1, 0.15) is 12.8 Å². The number of halogens is 1. The highest BCUT2D eigenvalue weighted by Crippen LogP contribution is 2.33. The second-order valence-electron chi connectivity index (χ2n) is 7.00. The highest BCUT2D eigenvalue weighted by molar-refractivity contribution is 7.89. The molecule has 1 atom stereocenters. The highest BCUT2D eigenvalue weighted by Gasteiger charge is 2.33. The van der Waals surface area contributed by atoms with Gasteiger partial charge in [0.05, 0.1) is 10.8 Å². The maximum atomic E-state index is 13.1. The Kier molecular flexibility index (Phi) is 5.42. The molecule has 0 saturated carbocycles. The number of fused-ring (bicyclic) bond motifs is 1. The molecule has 154 valence electrons. The van der Waals surface area contributed by atoms with Crippen molar-refractivity contribution < 1.29 is 27.1 Å². The number of rotatable bonds is 4. The molecule has 29 heavy (non-hydrogen) atoms. The molecule has 0 spiro atoms. The minimum atomic E-state index is -3.78. The summed E-state index contributed by atoms with van der Waals surface area (Å²) in [6.45, 7) is 1.34. The van der Waals surface area contributed by atoms with Crippen LogP contribution in [0.4, 0.5) is 10.1 Å². The zero-order valence-corrected chi connectivity index (χ0v) is 16.5. The Labute approximate surface area is 168 Å². The summed E-state index contributed by atoms with van der Waals surface area (Å²) in [7, 11) is -3.78. The predicted octanol–water partition coefficient (Wildman–Crippen LogP) is 2.64. The van der Waals surface area contributed by atoms with Crippen molar-refractivity contribution in [3.05, 3.63) is 48.3 Å². The Morgan fingerprint density at radius 3 is 2.55 bits per heavy atom. The smallest absolute Gasteiger partial charge is 0.243 e. The number of benzene rings is 2. The fourth-order valence-electron chi connectivity index (χ4n) is 3.50. The van der Waals surface area contributed by atoms with Gasteiger partial charge in [0.15, 0.2) is 11.5 Å². The van der Waals surface area contributed by atoms with Gasteiger partial charge in [-0.25, -0.2) is 12.8 Å². The van der Waals surface area contributed by atoms with Crippen molar-refractivity contribution in [1.29, 1.82) is 0 Å². The molecular weight excluding hydrogens is 399 g/mol. The third-order valence-corrected chi connectivity index (χ3v) is 6.90. The van der Waals surface area contributed by atoms with Gasteiger partial charge in [-0.15, -0.1) is 0 Å². The van der Waals surface area contributed by atoms with Crippen LogP contribution in [0.25, 0.3) is 0 Å². The molecule has 0 radical (unpaired) electrons. The van der Waals surface area contributed by atoms with Gasteiger partial charge in [-0.2, -0.15) is 4.31 Å². The molecule has 2 aromatic rings. The van der Waals surface area contributed by atoms with Gasteiger partial charge in [-0.05, 0) is 49.2 Å². The van der Waals surface area contributed by atoms with E-state index in [2.05, 4.69) is 5.32 Å². The number of sulfonamides is 1. The van der Waals surface area contributed by atoms with E-state index in [0.29, 0.717) is 49.8 Å². The molecule has 2 heterocycles. The maximum Gasteiger partial charge on any atom is 0.243 e. The van der Waals surface area contributed by atoms with Gasteiger partial charge in [0.2, 0.25) is 15.9 Å². The number of hydrogen-bond donors (Lipinski definition) is 1. The number of anilines is 1. The molecule has 2 aromatic carbocycles. The summed E-state index contributed by atoms with van der Waals surface area (Å²) in [5.74, 6) is -0.0335. The highest BCUT2D eigenvalue weighted by atomic mass is 32.2. The van der Waals surface area contributed by atoms with Crippen LogP contribution in [0.3, 0.4) is 0 Å². The lowest BCUT2D eigenvalue weighted by atomic mass is 9.98. The van der Waals surface area contributed by atoms with Crippen LogP contribution in [0, 0.1) is 11.7 Å². The lowest BCUT2D eigenvalue weighted by Crippen LogP contribution is -2.43. The maximum absolute atomic E-state index is 13.1. The average molecular weight is 420 g/mol. The van der Waals surface area contributed by atoms with Gasteiger partial charge >= 0.3 is 0 Å². The van der Waals surface area contributed by atoms with Gasteiger partial charge in [-0.1, -0.05) is 0 Å². The van der Waals surface area contributed by atoms with Gasteiger partial charge in [-0.3, -0.25) is 4.79 Å². The lowest BCUT2D eigenvalue weighted by Gasteiger charge is -2.31. The molecule has 2 aliphatic heterocycles.